The highest BCUT2D eigenvalue weighted by atomic mass is 16.1. The minimum Gasteiger partial charge on any atom is -0.335 e. The van der Waals surface area contributed by atoms with Crippen molar-refractivity contribution in [3.63, 3.8) is 0 Å². The van der Waals surface area contributed by atoms with E-state index in [-0.39, 0.29) is 11.8 Å². The van der Waals surface area contributed by atoms with Gasteiger partial charge in [-0.1, -0.05) is 0 Å². The number of imidazole rings is 2. The lowest BCUT2D eigenvalue weighted by Gasteiger charge is -2.22. The molecule has 128 valence electrons. The molecule has 0 saturated carbocycles. The number of anilines is 1. The maximum Gasteiger partial charge on any atom is 0.228 e. The van der Waals surface area contributed by atoms with E-state index in [1.807, 2.05) is 55.2 Å². The van der Waals surface area contributed by atoms with E-state index in [4.69, 9.17) is 0 Å². The Morgan fingerprint density at radius 2 is 2.00 bits per heavy atom. The second-order valence-corrected chi connectivity index (χ2v) is 6.55. The zero-order valence-corrected chi connectivity index (χ0v) is 14.4. The Morgan fingerprint density at radius 1 is 1.20 bits per heavy atom. The van der Waals surface area contributed by atoms with Crippen LogP contribution in [0.15, 0.2) is 43.0 Å². The Labute approximate surface area is 146 Å². The van der Waals surface area contributed by atoms with Crippen LogP contribution in [0.4, 0.5) is 5.69 Å². The molecule has 0 saturated heterocycles. The molecule has 4 rings (SSSR count). The van der Waals surface area contributed by atoms with Crippen LogP contribution in [0.2, 0.25) is 0 Å². The van der Waals surface area contributed by atoms with Gasteiger partial charge >= 0.3 is 0 Å². The van der Waals surface area contributed by atoms with Gasteiger partial charge in [0.05, 0.1) is 12.0 Å². The van der Waals surface area contributed by atoms with Crippen molar-refractivity contribution in [1.82, 2.24) is 19.1 Å². The highest BCUT2D eigenvalue weighted by molar-refractivity contribution is 5.92. The fourth-order valence-corrected chi connectivity index (χ4v) is 3.28. The van der Waals surface area contributed by atoms with Crippen LogP contribution in [0.3, 0.4) is 0 Å². The van der Waals surface area contributed by atoms with Crippen molar-refractivity contribution >= 4 is 11.6 Å². The Balaban J connectivity index is 1.45. The van der Waals surface area contributed by atoms with Gasteiger partial charge in [0.15, 0.2) is 0 Å². The first-order valence-electron chi connectivity index (χ1n) is 8.53. The number of amides is 1. The molecule has 0 aliphatic carbocycles. The fourth-order valence-electron chi connectivity index (χ4n) is 3.28. The summed E-state index contributed by atoms with van der Waals surface area (Å²) in [6, 6.07) is 7.87. The smallest absolute Gasteiger partial charge is 0.228 e. The molecule has 1 atom stereocenters. The van der Waals surface area contributed by atoms with E-state index >= 15 is 0 Å². The molecule has 2 aromatic heterocycles. The summed E-state index contributed by atoms with van der Waals surface area (Å²) < 4.78 is 4.16. The SMILES string of the molecule is Cc1ncn(-c2ccc(NC(=O)C3CCn4ccnc4C3)cc2)c1C. The van der Waals surface area contributed by atoms with Crippen LogP contribution in [0.1, 0.15) is 23.6 Å². The van der Waals surface area contributed by atoms with Crippen LogP contribution < -0.4 is 5.32 Å². The van der Waals surface area contributed by atoms with Crippen LogP contribution in [-0.4, -0.2) is 25.0 Å². The Bertz CT molecular complexity index is 906. The number of nitrogens with zero attached hydrogens (tertiary/aromatic N) is 4. The van der Waals surface area contributed by atoms with Gasteiger partial charge in [0.25, 0.3) is 0 Å². The van der Waals surface area contributed by atoms with Crippen LogP contribution in [0, 0.1) is 19.8 Å². The average Bonchev–Trinajstić information content (AvgIpc) is 3.22. The molecule has 0 radical (unpaired) electrons. The van der Waals surface area contributed by atoms with Crippen LogP contribution >= 0.6 is 0 Å². The number of fused-ring (bicyclic) bond motifs is 1. The summed E-state index contributed by atoms with van der Waals surface area (Å²) in [6.07, 6.45) is 7.14. The zero-order chi connectivity index (χ0) is 17.4. The lowest BCUT2D eigenvalue weighted by molar-refractivity contribution is -0.120. The van der Waals surface area contributed by atoms with Gasteiger partial charge in [-0.3, -0.25) is 4.79 Å². The van der Waals surface area contributed by atoms with Crippen molar-refractivity contribution in [1.29, 1.82) is 0 Å². The maximum absolute atomic E-state index is 12.5. The van der Waals surface area contributed by atoms with Crippen molar-refractivity contribution in [2.75, 3.05) is 5.32 Å². The van der Waals surface area contributed by atoms with E-state index in [1.165, 1.54) is 0 Å². The van der Waals surface area contributed by atoms with E-state index < -0.39 is 0 Å². The van der Waals surface area contributed by atoms with Gasteiger partial charge in [-0.15, -0.1) is 0 Å². The normalized spacial score (nSPS) is 16.5. The molecule has 3 aromatic rings. The number of carbonyl (C=O) groups excluding carboxylic acids is 1. The molecule has 1 unspecified atom stereocenters. The second-order valence-electron chi connectivity index (χ2n) is 6.55. The lowest BCUT2D eigenvalue weighted by atomic mass is 9.97. The van der Waals surface area contributed by atoms with Gasteiger partial charge in [0.2, 0.25) is 5.91 Å². The Hall–Kier alpha value is -2.89. The van der Waals surface area contributed by atoms with Gasteiger partial charge in [-0.25, -0.2) is 9.97 Å². The highest BCUT2D eigenvalue weighted by Gasteiger charge is 2.25. The number of aromatic nitrogens is 4. The van der Waals surface area contributed by atoms with E-state index in [0.29, 0.717) is 6.42 Å². The minimum absolute atomic E-state index is 0.0203. The number of benzene rings is 1. The third-order valence-corrected chi connectivity index (χ3v) is 4.98. The van der Waals surface area contributed by atoms with E-state index in [0.717, 1.165) is 41.6 Å². The van der Waals surface area contributed by atoms with Gasteiger partial charge in [0, 0.05) is 48.3 Å². The van der Waals surface area contributed by atoms with Gasteiger partial charge in [-0.05, 0) is 44.5 Å². The molecule has 1 aromatic carbocycles. The molecule has 0 bridgehead atoms. The first-order chi connectivity index (χ1) is 12.1. The molecule has 1 N–H and O–H groups in total. The Kier molecular flexibility index (Phi) is 3.87. The standard InChI is InChI=1S/C19H21N5O/c1-13-14(2)24(12-21-13)17-5-3-16(4-6-17)22-19(25)15-7-9-23-10-8-20-18(23)11-15/h3-6,8,10,12,15H,7,9,11H2,1-2H3,(H,22,25). The molecule has 1 amide bonds. The summed E-state index contributed by atoms with van der Waals surface area (Å²) in [6.45, 7) is 4.90. The summed E-state index contributed by atoms with van der Waals surface area (Å²) in [5, 5.41) is 3.03. The molecule has 0 spiro atoms. The first kappa shape index (κ1) is 15.6. The summed E-state index contributed by atoms with van der Waals surface area (Å²) in [5.41, 5.74) is 4.00. The van der Waals surface area contributed by atoms with Gasteiger partial charge in [-0.2, -0.15) is 0 Å². The maximum atomic E-state index is 12.5. The number of hydrogen-bond donors (Lipinski definition) is 1. The van der Waals surface area contributed by atoms with Crippen LogP contribution in [0.5, 0.6) is 0 Å². The molecule has 25 heavy (non-hydrogen) atoms. The third kappa shape index (κ3) is 2.95. The topological polar surface area (TPSA) is 64.7 Å². The second kappa shape index (κ2) is 6.20. The average molecular weight is 335 g/mol. The van der Waals surface area contributed by atoms with Crippen LogP contribution in [0.25, 0.3) is 5.69 Å². The van der Waals surface area contributed by atoms with Crippen molar-refractivity contribution < 1.29 is 4.79 Å². The van der Waals surface area contributed by atoms with Crippen molar-refractivity contribution in [3.05, 3.63) is 60.2 Å². The fraction of sp³-hybridized carbons (Fsp3) is 0.316. The largest absolute Gasteiger partial charge is 0.335 e. The number of nitrogens with one attached hydrogen (secondary N) is 1. The van der Waals surface area contributed by atoms with Crippen molar-refractivity contribution in [3.8, 4) is 5.69 Å². The van der Waals surface area contributed by atoms with E-state index in [1.54, 1.807) is 6.20 Å². The van der Waals surface area contributed by atoms with Crippen molar-refractivity contribution in [2.24, 2.45) is 5.92 Å². The van der Waals surface area contributed by atoms with E-state index in [9.17, 15) is 4.79 Å². The molecule has 1 aliphatic rings. The number of aryl methyl sites for hydroxylation is 2. The summed E-state index contributed by atoms with van der Waals surface area (Å²) in [4.78, 5) is 21.2. The number of rotatable bonds is 3. The molecular formula is C19H21N5O. The zero-order valence-electron chi connectivity index (χ0n) is 14.4. The van der Waals surface area contributed by atoms with Gasteiger partial charge < -0.3 is 14.5 Å². The highest BCUT2D eigenvalue weighted by Crippen LogP contribution is 2.22. The summed E-state index contributed by atoms with van der Waals surface area (Å²) >= 11 is 0. The first-order valence-corrected chi connectivity index (χ1v) is 8.53. The molecule has 3 heterocycles. The van der Waals surface area contributed by atoms with E-state index in [2.05, 4.69) is 19.9 Å². The molecule has 6 nitrogen and oxygen atoms in total. The summed E-state index contributed by atoms with van der Waals surface area (Å²) in [5.74, 6) is 1.04. The number of carbonyl (C=O) groups is 1. The predicted molar refractivity (Wildman–Crippen MR) is 95.7 cm³/mol. The lowest BCUT2D eigenvalue weighted by Crippen LogP contribution is -2.30. The molecule has 6 heteroatoms. The quantitative estimate of drug-likeness (QED) is 0.800. The predicted octanol–water partition coefficient (Wildman–Crippen LogP) is 2.89. The molecular weight excluding hydrogens is 314 g/mol. The molecule has 0 fully saturated rings. The number of hydrogen-bond acceptors (Lipinski definition) is 3. The third-order valence-electron chi connectivity index (χ3n) is 4.98. The molecule has 1 aliphatic heterocycles. The Morgan fingerprint density at radius 3 is 2.72 bits per heavy atom. The van der Waals surface area contributed by atoms with Crippen molar-refractivity contribution in [2.45, 2.75) is 33.2 Å². The summed E-state index contributed by atoms with van der Waals surface area (Å²) in [7, 11) is 0. The van der Waals surface area contributed by atoms with Crippen LogP contribution in [-0.2, 0) is 17.8 Å². The minimum atomic E-state index is -0.0203. The van der Waals surface area contributed by atoms with Gasteiger partial charge in [0.1, 0.15) is 5.82 Å². The monoisotopic (exact) mass is 335 g/mol.